The van der Waals surface area contributed by atoms with E-state index in [-0.39, 0.29) is 21.3 Å². The van der Waals surface area contributed by atoms with Crippen LogP contribution in [0.1, 0.15) is 18.9 Å². The molecular formula is C18H18ClNO3S. The molecule has 2 aliphatic heterocycles. The first-order valence-electron chi connectivity index (χ1n) is 7.94. The van der Waals surface area contributed by atoms with Crippen molar-refractivity contribution in [3.8, 4) is 5.75 Å². The number of nitrogens with one attached hydrogen (secondary N) is 1. The largest absolute Gasteiger partial charge is 0.488 e. The molecule has 126 valence electrons. The number of halogens is 1. The summed E-state index contributed by atoms with van der Waals surface area (Å²) in [5.74, 6) is 0.788. The molecule has 0 bridgehead atoms. The predicted molar refractivity (Wildman–Crippen MR) is 92.6 cm³/mol. The maximum absolute atomic E-state index is 12.9. The Morgan fingerprint density at radius 1 is 1.21 bits per heavy atom. The third-order valence-corrected chi connectivity index (χ3v) is 7.10. The molecule has 1 saturated heterocycles. The summed E-state index contributed by atoms with van der Waals surface area (Å²) >= 11 is 5.95. The normalized spacial score (nSPS) is 25.7. The molecule has 4 nitrogen and oxygen atoms in total. The van der Waals surface area contributed by atoms with Gasteiger partial charge in [-0.1, -0.05) is 24.6 Å². The number of fused-ring (bicyclic) bond motifs is 3. The molecule has 0 saturated carbocycles. The van der Waals surface area contributed by atoms with E-state index in [9.17, 15) is 8.42 Å². The van der Waals surface area contributed by atoms with Crippen LogP contribution in [0.4, 0.5) is 0 Å². The van der Waals surface area contributed by atoms with Crippen molar-refractivity contribution >= 4 is 21.4 Å². The van der Waals surface area contributed by atoms with Crippen molar-refractivity contribution < 1.29 is 13.2 Å². The lowest BCUT2D eigenvalue weighted by Crippen LogP contribution is -2.49. The first kappa shape index (κ1) is 15.9. The van der Waals surface area contributed by atoms with Crippen LogP contribution in [0.3, 0.4) is 0 Å². The highest BCUT2D eigenvalue weighted by atomic mass is 35.5. The van der Waals surface area contributed by atoms with E-state index in [1.165, 1.54) is 6.07 Å². The predicted octanol–water partition coefficient (Wildman–Crippen LogP) is 3.18. The Morgan fingerprint density at radius 3 is 2.79 bits per heavy atom. The third kappa shape index (κ3) is 2.34. The Hall–Kier alpha value is -1.56. The fourth-order valence-corrected chi connectivity index (χ4v) is 5.18. The summed E-state index contributed by atoms with van der Waals surface area (Å²) in [5.41, 5.74) is 0.831. The molecule has 2 aromatic carbocycles. The average Bonchev–Trinajstić information content (AvgIpc) is 2.87. The molecule has 2 aliphatic rings. The van der Waals surface area contributed by atoms with E-state index in [1.54, 1.807) is 36.4 Å². The highest BCUT2D eigenvalue weighted by molar-refractivity contribution is 7.91. The maximum atomic E-state index is 12.9. The van der Waals surface area contributed by atoms with Gasteiger partial charge in [-0.25, -0.2) is 8.42 Å². The lowest BCUT2D eigenvalue weighted by Gasteiger charge is -2.35. The molecule has 24 heavy (non-hydrogen) atoms. The fourth-order valence-electron chi connectivity index (χ4n) is 3.60. The molecule has 0 aliphatic carbocycles. The average molecular weight is 364 g/mol. The number of sulfone groups is 1. The Kier molecular flexibility index (Phi) is 3.64. The fraction of sp³-hybridized carbons (Fsp3) is 0.333. The SMILES string of the molecule is CC12CCNCC1Oc1ccc(S(=O)(=O)c3cccc(Cl)c3)cc12. The molecular weight excluding hydrogens is 346 g/mol. The van der Waals surface area contributed by atoms with E-state index >= 15 is 0 Å². The van der Waals surface area contributed by atoms with Crippen molar-refractivity contribution in [1.82, 2.24) is 5.32 Å². The van der Waals surface area contributed by atoms with Crippen LogP contribution in [0, 0.1) is 0 Å². The second-order valence-corrected chi connectivity index (χ2v) is 8.98. The van der Waals surface area contributed by atoms with Crippen molar-refractivity contribution in [2.45, 2.75) is 34.7 Å². The molecule has 2 heterocycles. The smallest absolute Gasteiger partial charge is 0.206 e. The summed E-state index contributed by atoms with van der Waals surface area (Å²) in [4.78, 5) is 0.494. The van der Waals surface area contributed by atoms with Gasteiger partial charge in [0, 0.05) is 22.5 Å². The Labute approximate surface area is 146 Å². The molecule has 0 amide bonds. The van der Waals surface area contributed by atoms with Gasteiger partial charge in [-0.15, -0.1) is 0 Å². The highest BCUT2D eigenvalue weighted by Gasteiger charge is 2.47. The second kappa shape index (κ2) is 5.48. The standard InChI is InChI=1S/C18H18ClNO3S/c1-18-7-8-20-11-17(18)23-16-6-5-14(10-15(16)18)24(21,22)13-4-2-3-12(19)9-13/h2-6,9-10,17,20H,7-8,11H2,1H3. The maximum Gasteiger partial charge on any atom is 0.206 e. The Balaban J connectivity index is 1.81. The molecule has 1 fully saturated rings. The van der Waals surface area contributed by atoms with E-state index < -0.39 is 9.84 Å². The Morgan fingerprint density at radius 2 is 2.00 bits per heavy atom. The van der Waals surface area contributed by atoms with Crippen LogP contribution >= 0.6 is 11.6 Å². The van der Waals surface area contributed by atoms with Crippen LogP contribution in [0.5, 0.6) is 5.75 Å². The molecule has 2 unspecified atom stereocenters. The first-order valence-corrected chi connectivity index (χ1v) is 9.80. The van der Waals surface area contributed by atoms with Crippen LogP contribution in [-0.4, -0.2) is 27.6 Å². The van der Waals surface area contributed by atoms with Crippen molar-refractivity contribution in [2.75, 3.05) is 13.1 Å². The van der Waals surface area contributed by atoms with E-state index in [0.717, 1.165) is 30.8 Å². The van der Waals surface area contributed by atoms with Crippen molar-refractivity contribution in [3.05, 3.63) is 53.1 Å². The van der Waals surface area contributed by atoms with Crippen LogP contribution in [0.2, 0.25) is 5.02 Å². The zero-order valence-corrected chi connectivity index (χ0v) is 14.8. The summed E-state index contributed by atoms with van der Waals surface area (Å²) in [7, 11) is -3.60. The summed E-state index contributed by atoms with van der Waals surface area (Å²) in [5, 5.41) is 3.74. The third-order valence-electron chi connectivity index (χ3n) is 5.11. The van der Waals surface area contributed by atoms with E-state index in [0.29, 0.717) is 5.02 Å². The van der Waals surface area contributed by atoms with Crippen LogP contribution in [0.25, 0.3) is 0 Å². The number of hydrogen-bond acceptors (Lipinski definition) is 4. The highest BCUT2D eigenvalue weighted by Crippen LogP contribution is 2.47. The van der Waals surface area contributed by atoms with Gasteiger partial charge in [0.15, 0.2) is 0 Å². The Bertz CT molecular complexity index is 912. The lowest BCUT2D eigenvalue weighted by atomic mass is 9.74. The number of ether oxygens (including phenoxy) is 1. The number of piperidine rings is 1. The van der Waals surface area contributed by atoms with Gasteiger partial charge in [0.25, 0.3) is 0 Å². The van der Waals surface area contributed by atoms with Gasteiger partial charge >= 0.3 is 0 Å². The summed E-state index contributed by atoms with van der Waals surface area (Å²) in [6.45, 7) is 3.84. The first-order chi connectivity index (χ1) is 11.4. The van der Waals surface area contributed by atoms with Crippen LogP contribution in [0.15, 0.2) is 52.3 Å². The van der Waals surface area contributed by atoms with Gasteiger partial charge in [-0.2, -0.15) is 0 Å². The van der Waals surface area contributed by atoms with Crippen molar-refractivity contribution in [2.24, 2.45) is 0 Å². The minimum Gasteiger partial charge on any atom is -0.488 e. The lowest BCUT2D eigenvalue weighted by molar-refractivity contribution is 0.124. The number of hydrogen-bond donors (Lipinski definition) is 1. The molecule has 0 spiro atoms. The van der Waals surface area contributed by atoms with Gasteiger partial charge < -0.3 is 10.1 Å². The molecule has 4 rings (SSSR count). The minimum absolute atomic E-state index is 0.0466. The molecule has 6 heteroatoms. The number of benzene rings is 2. The topological polar surface area (TPSA) is 55.4 Å². The monoisotopic (exact) mass is 363 g/mol. The molecule has 0 aromatic heterocycles. The summed E-state index contributed by atoms with van der Waals surface area (Å²) < 4.78 is 31.9. The van der Waals surface area contributed by atoms with Crippen molar-refractivity contribution in [1.29, 1.82) is 0 Å². The quantitative estimate of drug-likeness (QED) is 0.890. The minimum atomic E-state index is -3.60. The van der Waals surface area contributed by atoms with Gasteiger partial charge in [-0.05, 0) is 49.4 Å². The van der Waals surface area contributed by atoms with Crippen LogP contribution in [-0.2, 0) is 15.3 Å². The van der Waals surface area contributed by atoms with Crippen molar-refractivity contribution in [3.63, 3.8) is 0 Å². The summed E-state index contributed by atoms with van der Waals surface area (Å²) in [6.07, 6.45) is 0.969. The summed E-state index contributed by atoms with van der Waals surface area (Å²) in [6, 6.07) is 11.5. The zero-order chi connectivity index (χ0) is 16.9. The van der Waals surface area contributed by atoms with E-state index in [1.807, 2.05) is 0 Å². The molecule has 1 N–H and O–H groups in total. The molecule has 0 radical (unpaired) electrons. The zero-order valence-electron chi connectivity index (χ0n) is 13.3. The van der Waals surface area contributed by atoms with E-state index in [4.69, 9.17) is 16.3 Å². The number of rotatable bonds is 2. The van der Waals surface area contributed by atoms with E-state index in [2.05, 4.69) is 12.2 Å². The van der Waals surface area contributed by atoms with Crippen LogP contribution < -0.4 is 10.1 Å². The molecule has 2 atom stereocenters. The van der Waals surface area contributed by atoms with Gasteiger partial charge in [0.05, 0.1) is 9.79 Å². The molecule has 2 aromatic rings. The second-order valence-electron chi connectivity index (χ2n) is 6.60. The van der Waals surface area contributed by atoms with Gasteiger partial charge in [0.1, 0.15) is 11.9 Å². The van der Waals surface area contributed by atoms with Gasteiger partial charge in [0.2, 0.25) is 9.84 Å². The van der Waals surface area contributed by atoms with Gasteiger partial charge in [-0.3, -0.25) is 0 Å².